The molecular weight excluding hydrogens is 411 g/mol. The van der Waals surface area contributed by atoms with E-state index in [-0.39, 0.29) is 30.2 Å². The molecule has 0 atom stereocenters. The maximum Gasteiger partial charge on any atom is 0.327 e. The Morgan fingerprint density at radius 2 is 1.75 bits per heavy atom. The van der Waals surface area contributed by atoms with E-state index in [1.165, 1.54) is 11.0 Å². The van der Waals surface area contributed by atoms with Crippen LogP contribution in [0, 0.1) is 11.7 Å². The fraction of sp³-hybridized carbons (Fsp3) is 0.458. The number of urea groups is 1. The number of halogens is 1. The Morgan fingerprint density at radius 1 is 1.03 bits per heavy atom. The van der Waals surface area contributed by atoms with Crippen LogP contribution in [0.3, 0.4) is 0 Å². The molecule has 0 unspecified atom stereocenters. The number of nitrogens with zero attached hydrogens (tertiary/aromatic N) is 4. The van der Waals surface area contributed by atoms with Crippen LogP contribution >= 0.6 is 0 Å². The molecule has 7 nitrogen and oxygen atoms in total. The van der Waals surface area contributed by atoms with E-state index in [9.17, 15) is 14.0 Å². The SMILES string of the molecule is CC(C)CN1C(=O)CN(Cc2ccc(-c3ccc(F)c(CN4CCOCC4)n3)cc2)C1=O. The minimum atomic E-state index is -0.306. The van der Waals surface area contributed by atoms with Crippen molar-refractivity contribution in [2.24, 2.45) is 5.92 Å². The lowest BCUT2D eigenvalue weighted by molar-refractivity contribution is -0.125. The lowest BCUT2D eigenvalue weighted by Gasteiger charge is -2.26. The van der Waals surface area contributed by atoms with Crippen molar-refractivity contribution in [3.8, 4) is 11.3 Å². The Labute approximate surface area is 187 Å². The fourth-order valence-electron chi connectivity index (χ4n) is 3.99. The number of carbonyl (C=O) groups excluding carboxylic acids is 2. The Kier molecular flexibility index (Phi) is 6.81. The summed E-state index contributed by atoms with van der Waals surface area (Å²) in [5, 5.41) is 0. The van der Waals surface area contributed by atoms with Gasteiger partial charge in [-0.1, -0.05) is 38.1 Å². The van der Waals surface area contributed by atoms with Crippen LogP contribution in [0.4, 0.5) is 9.18 Å². The number of benzene rings is 1. The van der Waals surface area contributed by atoms with E-state index in [1.807, 2.05) is 38.1 Å². The van der Waals surface area contributed by atoms with Gasteiger partial charge in [0.25, 0.3) is 0 Å². The molecule has 0 spiro atoms. The summed E-state index contributed by atoms with van der Waals surface area (Å²) in [6.07, 6.45) is 0. The zero-order valence-corrected chi connectivity index (χ0v) is 18.6. The summed E-state index contributed by atoms with van der Waals surface area (Å²) in [7, 11) is 0. The van der Waals surface area contributed by atoms with Gasteiger partial charge in [0.1, 0.15) is 12.4 Å². The molecule has 2 aromatic rings. The van der Waals surface area contributed by atoms with E-state index in [1.54, 1.807) is 11.0 Å². The van der Waals surface area contributed by atoms with E-state index >= 15 is 0 Å². The molecule has 3 heterocycles. The third kappa shape index (κ3) is 5.14. The molecule has 3 amide bonds. The molecular formula is C24H29FN4O3. The second-order valence-electron chi connectivity index (χ2n) is 8.75. The van der Waals surface area contributed by atoms with Crippen LogP contribution in [-0.2, 0) is 22.6 Å². The highest BCUT2D eigenvalue weighted by Crippen LogP contribution is 2.22. The number of pyridine rings is 1. The van der Waals surface area contributed by atoms with E-state index in [0.717, 1.165) is 24.2 Å². The number of carbonyl (C=O) groups is 2. The maximum atomic E-state index is 14.3. The first-order chi connectivity index (χ1) is 15.4. The first kappa shape index (κ1) is 22.4. The maximum absolute atomic E-state index is 14.3. The summed E-state index contributed by atoms with van der Waals surface area (Å²) in [4.78, 5) is 34.3. The monoisotopic (exact) mass is 440 g/mol. The molecule has 2 aliphatic heterocycles. The Hall–Kier alpha value is -2.84. The van der Waals surface area contributed by atoms with Gasteiger partial charge < -0.3 is 9.64 Å². The molecule has 0 bridgehead atoms. The van der Waals surface area contributed by atoms with Gasteiger partial charge in [0.2, 0.25) is 5.91 Å². The fourth-order valence-corrected chi connectivity index (χ4v) is 3.99. The highest BCUT2D eigenvalue weighted by atomic mass is 19.1. The summed E-state index contributed by atoms with van der Waals surface area (Å²) in [5.41, 5.74) is 2.94. The first-order valence-electron chi connectivity index (χ1n) is 11.0. The standard InChI is InChI=1S/C24H29FN4O3/c1-17(2)13-29-23(30)16-28(24(29)31)14-18-3-5-19(6-4-18)21-8-7-20(25)22(26-21)15-27-9-11-32-12-10-27/h3-8,17H,9-16H2,1-2H3. The third-order valence-electron chi connectivity index (χ3n) is 5.70. The summed E-state index contributed by atoms with van der Waals surface area (Å²) in [6.45, 7) is 8.20. The summed E-state index contributed by atoms with van der Waals surface area (Å²) >= 11 is 0. The topological polar surface area (TPSA) is 66.0 Å². The first-order valence-corrected chi connectivity index (χ1v) is 11.0. The number of ether oxygens (including phenoxy) is 1. The highest BCUT2D eigenvalue weighted by molar-refractivity contribution is 6.01. The van der Waals surface area contributed by atoms with Gasteiger partial charge in [-0.25, -0.2) is 14.2 Å². The lowest BCUT2D eigenvalue weighted by atomic mass is 10.1. The van der Waals surface area contributed by atoms with Crippen LogP contribution in [0.5, 0.6) is 0 Å². The summed E-state index contributed by atoms with van der Waals surface area (Å²) < 4.78 is 19.7. The molecule has 1 aromatic heterocycles. The third-order valence-corrected chi connectivity index (χ3v) is 5.70. The summed E-state index contributed by atoms with van der Waals surface area (Å²) in [6, 6.07) is 10.6. The Bertz CT molecular complexity index is 974. The van der Waals surface area contributed by atoms with Crippen molar-refractivity contribution < 1.29 is 18.7 Å². The zero-order chi connectivity index (χ0) is 22.7. The molecule has 2 aliphatic rings. The van der Waals surface area contributed by atoms with Gasteiger partial charge in [0.15, 0.2) is 0 Å². The summed E-state index contributed by atoms with van der Waals surface area (Å²) in [5.74, 6) is -0.220. The van der Waals surface area contributed by atoms with Gasteiger partial charge >= 0.3 is 6.03 Å². The highest BCUT2D eigenvalue weighted by Gasteiger charge is 2.35. The van der Waals surface area contributed by atoms with Gasteiger partial charge in [0, 0.05) is 38.3 Å². The van der Waals surface area contributed by atoms with Crippen LogP contribution in [0.25, 0.3) is 11.3 Å². The van der Waals surface area contributed by atoms with Crippen molar-refractivity contribution >= 4 is 11.9 Å². The van der Waals surface area contributed by atoms with E-state index in [2.05, 4.69) is 9.88 Å². The number of hydrogen-bond donors (Lipinski definition) is 0. The predicted octanol–water partition coefficient (Wildman–Crippen LogP) is 3.14. The van der Waals surface area contributed by atoms with Crippen molar-refractivity contribution in [2.75, 3.05) is 39.4 Å². The van der Waals surface area contributed by atoms with Crippen LogP contribution in [0.1, 0.15) is 25.1 Å². The molecule has 32 heavy (non-hydrogen) atoms. The predicted molar refractivity (Wildman–Crippen MR) is 118 cm³/mol. The minimum absolute atomic E-state index is 0.109. The van der Waals surface area contributed by atoms with E-state index in [4.69, 9.17) is 4.74 Å². The number of rotatable bonds is 7. The Balaban J connectivity index is 1.43. The molecule has 4 rings (SSSR count). The molecule has 0 radical (unpaired) electrons. The number of imide groups is 1. The van der Waals surface area contributed by atoms with Gasteiger partial charge in [-0.3, -0.25) is 14.6 Å². The van der Waals surface area contributed by atoms with E-state index in [0.29, 0.717) is 44.2 Å². The molecule has 1 aromatic carbocycles. The van der Waals surface area contributed by atoms with Crippen molar-refractivity contribution in [3.05, 3.63) is 53.5 Å². The average molecular weight is 441 g/mol. The second kappa shape index (κ2) is 9.75. The molecule has 0 saturated carbocycles. The second-order valence-corrected chi connectivity index (χ2v) is 8.75. The van der Waals surface area contributed by atoms with Crippen molar-refractivity contribution in [1.82, 2.24) is 19.7 Å². The van der Waals surface area contributed by atoms with Gasteiger partial charge in [-0.05, 0) is 23.6 Å². The normalized spacial score (nSPS) is 17.6. The van der Waals surface area contributed by atoms with E-state index < -0.39 is 0 Å². The van der Waals surface area contributed by atoms with Crippen LogP contribution < -0.4 is 0 Å². The molecule has 2 fully saturated rings. The smallest absolute Gasteiger partial charge is 0.327 e. The van der Waals surface area contributed by atoms with Crippen LogP contribution in [0.15, 0.2) is 36.4 Å². The molecule has 2 saturated heterocycles. The van der Waals surface area contributed by atoms with Crippen LogP contribution in [0.2, 0.25) is 0 Å². The largest absolute Gasteiger partial charge is 0.379 e. The molecule has 8 heteroatoms. The van der Waals surface area contributed by atoms with Crippen molar-refractivity contribution in [2.45, 2.75) is 26.9 Å². The quantitative estimate of drug-likeness (QED) is 0.619. The molecule has 0 aliphatic carbocycles. The molecule has 0 N–H and O–H groups in total. The van der Waals surface area contributed by atoms with Gasteiger partial charge in [-0.15, -0.1) is 0 Å². The van der Waals surface area contributed by atoms with Gasteiger partial charge in [0.05, 0.1) is 24.6 Å². The van der Waals surface area contributed by atoms with Gasteiger partial charge in [-0.2, -0.15) is 0 Å². The zero-order valence-electron chi connectivity index (χ0n) is 18.6. The number of morpholine rings is 1. The van der Waals surface area contributed by atoms with Crippen LogP contribution in [-0.4, -0.2) is 71.0 Å². The van der Waals surface area contributed by atoms with Crippen molar-refractivity contribution in [1.29, 1.82) is 0 Å². The Morgan fingerprint density at radius 3 is 2.44 bits per heavy atom. The van der Waals surface area contributed by atoms with Crippen molar-refractivity contribution in [3.63, 3.8) is 0 Å². The number of aromatic nitrogens is 1. The lowest BCUT2D eigenvalue weighted by Crippen LogP contribution is -2.36. The number of hydrogen-bond acceptors (Lipinski definition) is 5. The minimum Gasteiger partial charge on any atom is -0.379 e. The number of amides is 3. The molecule has 170 valence electrons. The average Bonchev–Trinajstić information content (AvgIpc) is 3.03.